The van der Waals surface area contributed by atoms with Gasteiger partial charge in [-0.05, 0) is 19.1 Å². The van der Waals surface area contributed by atoms with Crippen molar-refractivity contribution in [3.05, 3.63) is 30.3 Å². The van der Waals surface area contributed by atoms with Crippen molar-refractivity contribution in [1.29, 1.82) is 5.26 Å². The summed E-state index contributed by atoms with van der Waals surface area (Å²) in [6, 6.07) is 9.57. The Bertz CT molecular complexity index is 620. The largest absolute Gasteiger partial charge is 0.368 e. The maximum Gasteiger partial charge on any atom is 0.268 e. The summed E-state index contributed by atoms with van der Waals surface area (Å²) in [5, 5.41) is 16.8. The van der Waals surface area contributed by atoms with E-state index in [9.17, 15) is 9.59 Å². The molecule has 3 N–H and O–H groups in total. The van der Waals surface area contributed by atoms with Crippen molar-refractivity contribution in [3.8, 4) is 6.07 Å². The number of rotatable bonds is 4. The van der Waals surface area contributed by atoms with Gasteiger partial charge in [-0.2, -0.15) is 10.4 Å². The lowest BCUT2D eigenvalue weighted by Gasteiger charge is -2.20. The molecular weight excluding hydrogens is 270 g/mol. The molecule has 2 amide bonds. The van der Waals surface area contributed by atoms with E-state index in [0.29, 0.717) is 5.69 Å². The smallest absolute Gasteiger partial charge is 0.268 e. The number of amides is 2. The number of nitrogens with one attached hydrogen (secondary N) is 1. The topological polar surface area (TPSA) is 112 Å². The van der Waals surface area contributed by atoms with Gasteiger partial charge in [0.25, 0.3) is 5.91 Å². The summed E-state index contributed by atoms with van der Waals surface area (Å²) in [5.74, 6) is -1.02. The highest BCUT2D eigenvalue weighted by atomic mass is 16.2. The Balaban J connectivity index is 2.24. The van der Waals surface area contributed by atoms with Crippen molar-refractivity contribution in [3.63, 3.8) is 0 Å². The average molecular weight is 285 g/mol. The highest BCUT2D eigenvalue weighted by Crippen LogP contribution is 2.24. The van der Waals surface area contributed by atoms with Crippen molar-refractivity contribution in [1.82, 2.24) is 5.32 Å². The van der Waals surface area contributed by atoms with Crippen LogP contribution in [0.5, 0.6) is 0 Å². The van der Waals surface area contributed by atoms with Crippen LogP contribution in [0.15, 0.2) is 35.4 Å². The molecule has 1 heterocycles. The summed E-state index contributed by atoms with van der Waals surface area (Å²) in [6.45, 7) is 1.56. The quantitative estimate of drug-likeness (QED) is 0.819. The predicted molar refractivity (Wildman–Crippen MR) is 77.2 cm³/mol. The van der Waals surface area contributed by atoms with E-state index in [4.69, 9.17) is 11.0 Å². The molecule has 0 bridgehead atoms. The number of hydrogen-bond donors (Lipinski definition) is 2. The standard InChI is InChI=1S/C14H15N5O2/c1-9(8-15)17-14(21)11-7-12(13(16)20)19(18-11)10-5-3-2-4-6-10/h2-6,9,12H,7H2,1H3,(H2,16,20)(H,17,21). The van der Waals surface area contributed by atoms with Crippen molar-refractivity contribution in [2.24, 2.45) is 10.8 Å². The number of benzene rings is 1. The maximum atomic E-state index is 12.0. The molecule has 7 heteroatoms. The number of anilines is 1. The molecule has 2 atom stereocenters. The molecule has 0 fully saturated rings. The summed E-state index contributed by atoms with van der Waals surface area (Å²) in [6.07, 6.45) is 0.119. The van der Waals surface area contributed by atoms with Crippen LogP contribution in [0.25, 0.3) is 0 Å². The molecule has 1 aromatic carbocycles. The van der Waals surface area contributed by atoms with E-state index in [1.54, 1.807) is 31.2 Å². The van der Waals surface area contributed by atoms with Gasteiger partial charge < -0.3 is 11.1 Å². The fourth-order valence-corrected chi connectivity index (χ4v) is 2.00. The number of carbonyl (C=O) groups is 2. The summed E-state index contributed by atoms with van der Waals surface area (Å²) in [4.78, 5) is 23.5. The first-order valence-corrected chi connectivity index (χ1v) is 6.44. The number of hydrazone groups is 1. The SMILES string of the molecule is CC(C#N)NC(=O)C1=NN(c2ccccc2)C(C(N)=O)C1. The van der Waals surface area contributed by atoms with Crippen LogP contribution >= 0.6 is 0 Å². The number of carbonyl (C=O) groups excluding carboxylic acids is 2. The van der Waals surface area contributed by atoms with Crippen LogP contribution in [0, 0.1) is 11.3 Å². The van der Waals surface area contributed by atoms with Crippen LogP contribution in [0.1, 0.15) is 13.3 Å². The lowest BCUT2D eigenvalue weighted by Crippen LogP contribution is -2.40. The summed E-state index contributed by atoms with van der Waals surface area (Å²) >= 11 is 0. The Hall–Kier alpha value is -2.88. The molecule has 7 nitrogen and oxygen atoms in total. The van der Waals surface area contributed by atoms with Gasteiger partial charge in [0.15, 0.2) is 0 Å². The van der Waals surface area contributed by atoms with Crippen molar-refractivity contribution < 1.29 is 9.59 Å². The molecule has 1 aromatic rings. The van der Waals surface area contributed by atoms with Gasteiger partial charge in [0, 0.05) is 6.42 Å². The van der Waals surface area contributed by atoms with Crippen LogP contribution in [0.4, 0.5) is 5.69 Å². The first kappa shape index (κ1) is 14.5. The van der Waals surface area contributed by atoms with Gasteiger partial charge in [-0.3, -0.25) is 14.6 Å². The second-order valence-electron chi connectivity index (χ2n) is 4.67. The van der Waals surface area contributed by atoms with E-state index in [0.717, 1.165) is 0 Å². The highest BCUT2D eigenvalue weighted by Gasteiger charge is 2.35. The van der Waals surface area contributed by atoms with Gasteiger partial charge in [0.1, 0.15) is 17.8 Å². The normalized spacial score (nSPS) is 18.6. The summed E-state index contributed by atoms with van der Waals surface area (Å²) < 4.78 is 0. The Morgan fingerprint density at radius 3 is 2.71 bits per heavy atom. The van der Waals surface area contributed by atoms with Gasteiger partial charge in [-0.25, -0.2) is 0 Å². The number of nitrogens with two attached hydrogens (primary N) is 1. The zero-order valence-corrected chi connectivity index (χ0v) is 11.5. The number of para-hydroxylation sites is 1. The first-order valence-electron chi connectivity index (χ1n) is 6.44. The van der Waals surface area contributed by atoms with Crippen LogP contribution in [-0.4, -0.2) is 29.6 Å². The Morgan fingerprint density at radius 2 is 2.14 bits per heavy atom. The fourth-order valence-electron chi connectivity index (χ4n) is 2.00. The number of hydrogen-bond acceptors (Lipinski definition) is 5. The molecule has 0 spiro atoms. The number of primary amides is 1. The second kappa shape index (κ2) is 6.05. The van der Waals surface area contributed by atoms with Gasteiger partial charge >= 0.3 is 0 Å². The number of nitriles is 1. The molecule has 2 unspecified atom stereocenters. The molecule has 0 saturated carbocycles. The molecule has 1 aliphatic rings. The molecule has 0 aliphatic carbocycles. The minimum Gasteiger partial charge on any atom is -0.368 e. The zero-order valence-electron chi connectivity index (χ0n) is 11.5. The zero-order chi connectivity index (χ0) is 15.4. The van der Waals surface area contributed by atoms with Crippen molar-refractivity contribution >= 4 is 23.2 Å². The third-order valence-electron chi connectivity index (χ3n) is 3.06. The van der Waals surface area contributed by atoms with E-state index in [1.165, 1.54) is 5.01 Å². The van der Waals surface area contributed by atoms with Crippen LogP contribution in [0.3, 0.4) is 0 Å². The van der Waals surface area contributed by atoms with Crippen molar-refractivity contribution in [2.75, 3.05) is 5.01 Å². The van der Waals surface area contributed by atoms with Crippen LogP contribution in [-0.2, 0) is 9.59 Å². The third kappa shape index (κ3) is 3.17. The Labute approximate surface area is 122 Å². The van der Waals surface area contributed by atoms with Gasteiger partial charge in [0.2, 0.25) is 5.91 Å². The maximum absolute atomic E-state index is 12.0. The summed E-state index contributed by atoms with van der Waals surface area (Å²) in [7, 11) is 0. The van der Waals surface area contributed by atoms with E-state index in [2.05, 4.69) is 10.4 Å². The average Bonchev–Trinajstić information content (AvgIpc) is 2.93. The molecule has 21 heavy (non-hydrogen) atoms. The predicted octanol–water partition coefficient (Wildman–Crippen LogP) is 0.135. The molecule has 2 rings (SSSR count). The summed E-state index contributed by atoms with van der Waals surface area (Å²) in [5.41, 5.74) is 6.24. The molecule has 0 radical (unpaired) electrons. The van der Waals surface area contributed by atoms with Crippen LogP contribution in [0.2, 0.25) is 0 Å². The minimum absolute atomic E-state index is 0.119. The lowest BCUT2D eigenvalue weighted by molar-refractivity contribution is -0.119. The second-order valence-corrected chi connectivity index (χ2v) is 4.67. The minimum atomic E-state index is -0.703. The van der Waals surface area contributed by atoms with Crippen LogP contribution < -0.4 is 16.1 Å². The molecule has 1 aliphatic heterocycles. The van der Waals surface area contributed by atoms with Gasteiger partial charge in [-0.15, -0.1) is 0 Å². The Morgan fingerprint density at radius 1 is 1.48 bits per heavy atom. The van der Waals surface area contributed by atoms with E-state index in [1.807, 2.05) is 12.1 Å². The molecule has 108 valence electrons. The van der Waals surface area contributed by atoms with Crippen molar-refractivity contribution in [2.45, 2.75) is 25.4 Å². The van der Waals surface area contributed by atoms with E-state index >= 15 is 0 Å². The fraction of sp³-hybridized carbons (Fsp3) is 0.286. The highest BCUT2D eigenvalue weighted by molar-refractivity contribution is 6.40. The van der Waals surface area contributed by atoms with Gasteiger partial charge in [0.05, 0.1) is 11.8 Å². The first-order chi connectivity index (χ1) is 10.0. The third-order valence-corrected chi connectivity index (χ3v) is 3.06. The Kier molecular flexibility index (Phi) is 4.18. The molecular formula is C14H15N5O2. The monoisotopic (exact) mass is 285 g/mol. The van der Waals surface area contributed by atoms with E-state index in [-0.39, 0.29) is 12.1 Å². The molecule has 0 aromatic heterocycles. The van der Waals surface area contributed by atoms with Gasteiger partial charge in [-0.1, -0.05) is 18.2 Å². The lowest BCUT2D eigenvalue weighted by atomic mass is 10.1. The number of nitrogens with zero attached hydrogens (tertiary/aromatic N) is 3. The van der Waals surface area contributed by atoms with E-state index < -0.39 is 23.9 Å². The molecule has 0 saturated heterocycles.